The first-order valence-electron chi connectivity index (χ1n) is 7.28. The van der Waals surface area contributed by atoms with Crippen molar-refractivity contribution in [2.45, 2.75) is 19.4 Å². The van der Waals surface area contributed by atoms with Crippen LogP contribution in [0, 0.1) is 0 Å². The third kappa shape index (κ3) is 2.03. The van der Waals surface area contributed by atoms with Gasteiger partial charge in [-0.05, 0) is 25.5 Å². The number of aromatic nitrogens is 3. The molecule has 0 saturated carbocycles. The lowest BCUT2D eigenvalue weighted by atomic mass is 10.1. The number of benzene rings is 1. The van der Waals surface area contributed by atoms with Crippen molar-refractivity contribution in [1.29, 1.82) is 0 Å². The van der Waals surface area contributed by atoms with Crippen molar-refractivity contribution in [2.24, 2.45) is 0 Å². The van der Waals surface area contributed by atoms with Gasteiger partial charge in [0.2, 0.25) is 5.95 Å². The Labute approximate surface area is 123 Å². The van der Waals surface area contributed by atoms with Crippen LogP contribution in [0.4, 0.5) is 5.95 Å². The van der Waals surface area contributed by atoms with Gasteiger partial charge in [-0.15, -0.1) is 0 Å². The van der Waals surface area contributed by atoms with Crippen molar-refractivity contribution in [1.82, 2.24) is 15.0 Å². The number of pyridine rings is 1. The lowest BCUT2D eigenvalue weighted by Gasteiger charge is -2.38. The van der Waals surface area contributed by atoms with Gasteiger partial charge in [0, 0.05) is 29.7 Å². The molecule has 0 spiro atoms. The predicted octanol–water partition coefficient (Wildman–Crippen LogP) is 3.29. The van der Waals surface area contributed by atoms with E-state index in [1.54, 1.807) is 6.20 Å². The molecule has 4 rings (SSSR count). The Kier molecular flexibility index (Phi) is 2.81. The minimum absolute atomic E-state index is 0.509. The van der Waals surface area contributed by atoms with Crippen molar-refractivity contribution >= 4 is 17.0 Å². The topological polar surface area (TPSA) is 41.9 Å². The molecule has 2 aromatic heterocycles. The van der Waals surface area contributed by atoms with E-state index in [-0.39, 0.29) is 0 Å². The molecule has 0 bridgehead atoms. The molecule has 0 radical (unpaired) electrons. The molecule has 0 N–H and O–H groups in total. The molecule has 1 aliphatic rings. The average molecular weight is 276 g/mol. The van der Waals surface area contributed by atoms with Crippen LogP contribution in [-0.4, -0.2) is 27.5 Å². The second-order valence-corrected chi connectivity index (χ2v) is 5.44. The summed E-state index contributed by atoms with van der Waals surface area (Å²) in [5.74, 6) is 0.791. The monoisotopic (exact) mass is 276 g/mol. The fraction of sp³-hybridized carbons (Fsp3) is 0.235. The number of fused-ring (bicyclic) bond motifs is 1. The summed E-state index contributed by atoms with van der Waals surface area (Å²) in [7, 11) is 0. The third-order valence-corrected chi connectivity index (χ3v) is 4.08. The summed E-state index contributed by atoms with van der Waals surface area (Å²) in [5.41, 5.74) is 2.83. The molecular formula is C17H16N4. The number of hydrogen-bond acceptors (Lipinski definition) is 4. The van der Waals surface area contributed by atoms with Gasteiger partial charge in [-0.3, -0.25) is 0 Å². The first kappa shape index (κ1) is 12.3. The fourth-order valence-electron chi connectivity index (χ4n) is 2.71. The zero-order valence-electron chi connectivity index (χ0n) is 11.9. The zero-order valence-corrected chi connectivity index (χ0v) is 11.9. The van der Waals surface area contributed by atoms with Crippen LogP contribution in [0.25, 0.3) is 22.3 Å². The van der Waals surface area contributed by atoms with Gasteiger partial charge in [0.05, 0.1) is 5.69 Å². The number of anilines is 1. The van der Waals surface area contributed by atoms with Gasteiger partial charge in [-0.2, -0.15) is 4.98 Å². The highest BCUT2D eigenvalue weighted by Crippen LogP contribution is 2.30. The highest BCUT2D eigenvalue weighted by molar-refractivity contribution is 5.91. The summed E-state index contributed by atoms with van der Waals surface area (Å²) in [6.07, 6.45) is 2.98. The lowest BCUT2D eigenvalue weighted by molar-refractivity contribution is 0.471. The SMILES string of the molecule is C[C@H]1CCN1c1nc(-c2ccccc2)c2cccnc2n1. The summed E-state index contributed by atoms with van der Waals surface area (Å²) >= 11 is 0. The van der Waals surface area contributed by atoms with Gasteiger partial charge in [-0.1, -0.05) is 30.3 Å². The van der Waals surface area contributed by atoms with Crippen molar-refractivity contribution < 1.29 is 0 Å². The van der Waals surface area contributed by atoms with E-state index in [1.807, 2.05) is 30.3 Å². The molecule has 21 heavy (non-hydrogen) atoms. The van der Waals surface area contributed by atoms with Gasteiger partial charge in [-0.25, -0.2) is 9.97 Å². The van der Waals surface area contributed by atoms with Gasteiger partial charge >= 0.3 is 0 Å². The van der Waals surface area contributed by atoms with Crippen LogP contribution in [0.1, 0.15) is 13.3 Å². The van der Waals surface area contributed by atoms with E-state index >= 15 is 0 Å². The molecule has 3 heterocycles. The van der Waals surface area contributed by atoms with E-state index in [2.05, 4.69) is 33.9 Å². The normalized spacial score (nSPS) is 17.8. The standard InChI is InChI=1S/C17H16N4/c1-12-9-11-21(12)17-19-15(13-6-3-2-4-7-13)14-8-5-10-18-16(14)20-17/h2-8,10,12H,9,11H2,1H3/t12-/m0/s1. The molecule has 0 aliphatic carbocycles. The quantitative estimate of drug-likeness (QED) is 0.720. The first-order valence-corrected chi connectivity index (χ1v) is 7.28. The molecule has 4 heteroatoms. The summed E-state index contributed by atoms with van der Waals surface area (Å²) in [5, 5.41) is 1.00. The minimum atomic E-state index is 0.509. The average Bonchev–Trinajstić information content (AvgIpc) is 2.53. The van der Waals surface area contributed by atoms with Crippen LogP contribution < -0.4 is 4.90 Å². The van der Waals surface area contributed by atoms with Gasteiger partial charge in [0.1, 0.15) is 0 Å². The maximum atomic E-state index is 4.82. The van der Waals surface area contributed by atoms with E-state index in [4.69, 9.17) is 4.98 Å². The van der Waals surface area contributed by atoms with Gasteiger partial charge in [0.15, 0.2) is 5.65 Å². The molecule has 1 saturated heterocycles. The molecule has 1 aliphatic heterocycles. The molecule has 0 unspecified atom stereocenters. The second-order valence-electron chi connectivity index (χ2n) is 5.44. The first-order chi connectivity index (χ1) is 10.3. The Morgan fingerprint density at radius 1 is 1.05 bits per heavy atom. The van der Waals surface area contributed by atoms with Gasteiger partial charge < -0.3 is 4.90 Å². The molecule has 104 valence electrons. The lowest BCUT2D eigenvalue weighted by Crippen LogP contribution is -2.46. The highest BCUT2D eigenvalue weighted by Gasteiger charge is 2.27. The Hall–Kier alpha value is -2.49. The van der Waals surface area contributed by atoms with E-state index in [0.717, 1.165) is 34.8 Å². The summed E-state index contributed by atoms with van der Waals surface area (Å²) < 4.78 is 0. The van der Waals surface area contributed by atoms with Crippen LogP contribution in [0.3, 0.4) is 0 Å². The Bertz CT molecular complexity index is 785. The molecule has 0 amide bonds. The summed E-state index contributed by atoms with van der Waals surface area (Å²) in [6, 6.07) is 14.7. The van der Waals surface area contributed by atoms with E-state index < -0.39 is 0 Å². The largest absolute Gasteiger partial charge is 0.338 e. The fourth-order valence-corrected chi connectivity index (χ4v) is 2.71. The number of rotatable bonds is 2. The summed E-state index contributed by atoms with van der Waals surface area (Å²) in [4.78, 5) is 16.1. The maximum Gasteiger partial charge on any atom is 0.228 e. The Morgan fingerprint density at radius 3 is 2.62 bits per heavy atom. The smallest absolute Gasteiger partial charge is 0.228 e. The molecular weight excluding hydrogens is 260 g/mol. The van der Waals surface area contributed by atoms with E-state index in [0.29, 0.717) is 6.04 Å². The van der Waals surface area contributed by atoms with Gasteiger partial charge in [0.25, 0.3) is 0 Å². The third-order valence-electron chi connectivity index (χ3n) is 4.08. The molecule has 1 fully saturated rings. The van der Waals surface area contributed by atoms with Crippen LogP contribution in [0.15, 0.2) is 48.7 Å². The minimum Gasteiger partial charge on any atom is -0.338 e. The molecule has 3 aromatic rings. The molecule has 1 aromatic carbocycles. The molecule has 4 nitrogen and oxygen atoms in total. The number of nitrogens with zero attached hydrogens (tertiary/aromatic N) is 4. The Morgan fingerprint density at radius 2 is 1.90 bits per heavy atom. The predicted molar refractivity (Wildman–Crippen MR) is 84.2 cm³/mol. The zero-order chi connectivity index (χ0) is 14.2. The van der Waals surface area contributed by atoms with Crippen molar-refractivity contribution in [3.8, 4) is 11.3 Å². The number of hydrogen-bond donors (Lipinski definition) is 0. The van der Waals surface area contributed by atoms with Crippen molar-refractivity contribution in [3.63, 3.8) is 0 Å². The summed E-state index contributed by atoms with van der Waals surface area (Å²) in [6.45, 7) is 3.23. The Balaban J connectivity index is 1.95. The van der Waals surface area contributed by atoms with Crippen LogP contribution in [-0.2, 0) is 0 Å². The van der Waals surface area contributed by atoms with Crippen LogP contribution >= 0.6 is 0 Å². The van der Waals surface area contributed by atoms with Crippen LogP contribution in [0.5, 0.6) is 0 Å². The van der Waals surface area contributed by atoms with Crippen molar-refractivity contribution in [3.05, 3.63) is 48.7 Å². The molecule has 1 atom stereocenters. The van der Waals surface area contributed by atoms with E-state index in [1.165, 1.54) is 6.42 Å². The van der Waals surface area contributed by atoms with Crippen LogP contribution in [0.2, 0.25) is 0 Å². The second kappa shape index (κ2) is 4.81. The van der Waals surface area contributed by atoms with E-state index in [9.17, 15) is 0 Å². The van der Waals surface area contributed by atoms with Crippen molar-refractivity contribution in [2.75, 3.05) is 11.4 Å². The highest BCUT2D eigenvalue weighted by atomic mass is 15.3. The maximum absolute atomic E-state index is 4.82.